The molecule has 0 saturated carbocycles. The molecule has 2 heterocycles. The molecule has 0 radical (unpaired) electrons. The molecule has 28 heavy (non-hydrogen) atoms. The molecule has 0 aromatic rings. The topological polar surface area (TPSA) is 103 Å². The first-order valence-electron chi connectivity index (χ1n) is 9.61. The van der Waals surface area contributed by atoms with Crippen LogP contribution in [0.25, 0.3) is 0 Å². The molecule has 2 fully saturated rings. The van der Waals surface area contributed by atoms with Gasteiger partial charge in [0.25, 0.3) is 0 Å². The summed E-state index contributed by atoms with van der Waals surface area (Å²) in [6.07, 6.45) is 1.09. The predicted molar refractivity (Wildman–Crippen MR) is 121 cm³/mol. The Morgan fingerprint density at radius 2 is 2.00 bits per heavy atom. The number of guanidine groups is 1. The lowest BCUT2D eigenvalue weighted by Gasteiger charge is -2.23. The van der Waals surface area contributed by atoms with Gasteiger partial charge in [-0.1, -0.05) is 0 Å². The van der Waals surface area contributed by atoms with E-state index >= 15 is 0 Å². The first-order chi connectivity index (χ1) is 12.6. The third kappa shape index (κ3) is 7.90. The fraction of sp³-hybridized carbons (Fsp3) is 0.882. The molecule has 0 aliphatic carbocycles. The van der Waals surface area contributed by atoms with Gasteiger partial charge in [0.1, 0.15) is 5.60 Å². The maximum absolute atomic E-state index is 11.9. The number of amides is 1. The van der Waals surface area contributed by atoms with E-state index in [1.807, 2.05) is 27.7 Å². The van der Waals surface area contributed by atoms with E-state index in [0.29, 0.717) is 32.6 Å². The standard InChI is InChI=1S/C17H33N5O4S.HI/c1-5-18-15(19-8-11-22-9-6-12-27(22,24)25)21-10-7-14(13-21)20-16(23)26-17(2,3)4;/h14H,5-13H2,1-4H3,(H,18,19)(H,20,23);1H. The lowest BCUT2D eigenvalue weighted by Crippen LogP contribution is -2.44. The summed E-state index contributed by atoms with van der Waals surface area (Å²) in [5.41, 5.74) is -0.519. The molecule has 2 saturated heterocycles. The van der Waals surface area contributed by atoms with E-state index in [-0.39, 0.29) is 35.8 Å². The summed E-state index contributed by atoms with van der Waals surface area (Å²) in [4.78, 5) is 18.6. The minimum absolute atomic E-state index is 0. The second kappa shape index (κ2) is 10.8. The van der Waals surface area contributed by atoms with Crippen LogP contribution >= 0.6 is 24.0 Å². The van der Waals surface area contributed by atoms with Crippen molar-refractivity contribution in [1.82, 2.24) is 19.8 Å². The normalized spacial score (nSPS) is 22.6. The van der Waals surface area contributed by atoms with Crippen molar-refractivity contribution in [3.8, 4) is 0 Å². The zero-order valence-corrected chi connectivity index (χ0v) is 20.4. The van der Waals surface area contributed by atoms with Crippen molar-refractivity contribution in [3.05, 3.63) is 0 Å². The molecule has 11 heteroatoms. The number of hydrogen-bond donors (Lipinski definition) is 2. The van der Waals surface area contributed by atoms with Crippen molar-refractivity contribution in [2.45, 2.75) is 52.2 Å². The van der Waals surface area contributed by atoms with Crippen LogP contribution in [-0.4, -0.2) is 86.3 Å². The van der Waals surface area contributed by atoms with Gasteiger partial charge >= 0.3 is 6.09 Å². The van der Waals surface area contributed by atoms with Crippen LogP contribution in [0.5, 0.6) is 0 Å². The first kappa shape index (κ1) is 25.2. The fourth-order valence-corrected chi connectivity index (χ4v) is 4.70. The van der Waals surface area contributed by atoms with Gasteiger partial charge in [0.05, 0.1) is 18.3 Å². The third-order valence-corrected chi connectivity index (χ3v) is 6.31. The third-order valence-electron chi connectivity index (χ3n) is 4.36. The van der Waals surface area contributed by atoms with E-state index in [2.05, 4.69) is 20.5 Å². The smallest absolute Gasteiger partial charge is 0.407 e. The van der Waals surface area contributed by atoms with Crippen LogP contribution in [0.1, 0.15) is 40.5 Å². The largest absolute Gasteiger partial charge is 0.444 e. The number of ether oxygens (including phenoxy) is 1. The van der Waals surface area contributed by atoms with Crippen LogP contribution in [0.3, 0.4) is 0 Å². The average molecular weight is 531 g/mol. The molecular weight excluding hydrogens is 497 g/mol. The number of aliphatic imine (C=N–C) groups is 1. The van der Waals surface area contributed by atoms with Crippen molar-refractivity contribution in [2.75, 3.05) is 45.0 Å². The van der Waals surface area contributed by atoms with Crippen LogP contribution in [0.15, 0.2) is 4.99 Å². The molecule has 2 N–H and O–H groups in total. The van der Waals surface area contributed by atoms with Crippen LogP contribution in [0, 0.1) is 0 Å². The summed E-state index contributed by atoms with van der Waals surface area (Å²) >= 11 is 0. The van der Waals surface area contributed by atoms with Crippen molar-refractivity contribution in [2.24, 2.45) is 4.99 Å². The summed E-state index contributed by atoms with van der Waals surface area (Å²) < 4.78 is 30.5. The summed E-state index contributed by atoms with van der Waals surface area (Å²) in [6, 6.07) is 0.00247. The van der Waals surface area contributed by atoms with Gasteiger partial charge in [-0.05, 0) is 40.5 Å². The second-order valence-corrected chi connectivity index (χ2v) is 9.97. The minimum atomic E-state index is -3.08. The SMILES string of the molecule is CCNC(=NCCN1CCCS1(=O)=O)N1CCC(NC(=O)OC(C)(C)C)C1.I. The first-order valence-corrected chi connectivity index (χ1v) is 11.2. The highest BCUT2D eigenvalue weighted by atomic mass is 127. The highest BCUT2D eigenvalue weighted by Crippen LogP contribution is 2.14. The summed E-state index contributed by atoms with van der Waals surface area (Å²) in [5.74, 6) is 0.989. The number of sulfonamides is 1. The fourth-order valence-electron chi connectivity index (χ4n) is 3.18. The van der Waals surface area contributed by atoms with E-state index in [9.17, 15) is 13.2 Å². The molecule has 1 amide bonds. The second-order valence-electron chi connectivity index (χ2n) is 7.88. The maximum atomic E-state index is 11.9. The number of carbonyl (C=O) groups excluding carboxylic acids is 1. The molecule has 1 atom stereocenters. The molecule has 2 aliphatic rings. The van der Waals surface area contributed by atoms with Crippen LogP contribution in [0.4, 0.5) is 4.79 Å². The number of hydrogen-bond acceptors (Lipinski definition) is 5. The van der Waals surface area contributed by atoms with E-state index < -0.39 is 21.7 Å². The maximum Gasteiger partial charge on any atom is 0.407 e. The number of nitrogens with one attached hydrogen (secondary N) is 2. The number of rotatable bonds is 5. The molecule has 0 aromatic heterocycles. The molecule has 164 valence electrons. The molecule has 2 rings (SSSR count). The molecule has 0 aromatic carbocycles. The van der Waals surface area contributed by atoms with Crippen LogP contribution < -0.4 is 10.6 Å². The zero-order chi connectivity index (χ0) is 20.1. The van der Waals surface area contributed by atoms with Crippen molar-refractivity contribution in [1.29, 1.82) is 0 Å². The predicted octanol–water partition coefficient (Wildman–Crippen LogP) is 1.20. The lowest BCUT2D eigenvalue weighted by molar-refractivity contribution is 0.0507. The Morgan fingerprint density at radius 1 is 1.29 bits per heavy atom. The molecule has 9 nitrogen and oxygen atoms in total. The van der Waals surface area contributed by atoms with Crippen LogP contribution in [-0.2, 0) is 14.8 Å². The van der Waals surface area contributed by atoms with Gasteiger partial charge in [-0.2, -0.15) is 0 Å². The molecule has 2 aliphatic heterocycles. The molecule has 0 bridgehead atoms. The molecular formula is C17H34IN5O4S. The molecule has 1 unspecified atom stereocenters. The monoisotopic (exact) mass is 531 g/mol. The quantitative estimate of drug-likeness (QED) is 0.314. The van der Waals surface area contributed by atoms with Crippen molar-refractivity contribution < 1.29 is 17.9 Å². The Labute approximate surface area is 185 Å². The van der Waals surface area contributed by atoms with Gasteiger partial charge in [-0.25, -0.2) is 17.5 Å². The number of halogens is 1. The average Bonchev–Trinajstić information content (AvgIpc) is 3.11. The Kier molecular flexibility index (Phi) is 9.74. The van der Waals surface area contributed by atoms with Crippen molar-refractivity contribution in [3.63, 3.8) is 0 Å². The number of carbonyl (C=O) groups is 1. The number of alkyl carbamates (subject to hydrolysis) is 1. The molecule has 0 spiro atoms. The van der Waals surface area contributed by atoms with Gasteiger partial charge in [0, 0.05) is 32.7 Å². The Bertz CT molecular complexity index is 650. The lowest BCUT2D eigenvalue weighted by atomic mass is 10.2. The Balaban J connectivity index is 0.00000392. The summed E-state index contributed by atoms with van der Waals surface area (Å²) in [5, 5.41) is 6.15. The highest BCUT2D eigenvalue weighted by Gasteiger charge is 2.29. The minimum Gasteiger partial charge on any atom is -0.444 e. The van der Waals surface area contributed by atoms with Gasteiger partial charge in [0.15, 0.2) is 5.96 Å². The Hall–Kier alpha value is -0.820. The summed E-state index contributed by atoms with van der Waals surface area (Å²) in [6.45, 7) is 11.1. The van der Waals surface area contributed by atoms with Crippen molar-refractivity contribution >= 4 is 46.1 Å². The van der Waals surface area contributed by atoms with E-state index in [1.54, 1.807) is 0 Å². The van der Waals surface area contributed by atoms with E-state index in [1.165, 1.54) is 4.31 Å². The van der Waals surface area contributed by atoms with E-state index in [4.69, 9.17) is 4.74 Å². The van der Waals surface area contributed by atoms with Gasteiger partial charge in [0.2, 0.25) is 10.0 Å². The zero-order valence-electron chi connectivity index (χ0n) is 17.2. The van der Waals surface area contributed by atoms with Gasteiger partial charge < -0.3 is 20.3 Å². The van der Waals surface area contributed by atoms with Gasteiger partial charge in [-0.15, -0.1) is 24.0 Å². The van der Waals surface area contributed by atoms with Gasteiger partial charge in [-0.3, -0.25) is 4.99 Å². The highest BCUT2D eigenvalue weighted by molar-refractivity contribution is 14.0. The number of likely N-dealkylation sites (tertiary alicyclic amines) is 1. The van der Waals surface area contributed by atoms with Crippen LogP contribution in [0.2, 0.25) is 0 Å². The Morgan fingerprint density at radius 3 is 2.57 bits per heavy atom. The summed E-state index contributed by atoms with van der Waals surface area (Å²) in [7, 11) is -3.08. The number of nitrogens with zero attached hydrogens (tertiary/aromatic N) is 3. The van der Waals surface area contributed by atoms with E-state index in [0.717, 1.165) is 25.5 Å².